The van der Waals surface area contributed by atoms with Crippen molar-refractivity contribution in [1.82, 2.24) is 20.2 Å². The summed E-state index contributed by atoms with van der Waals surface area (Å²) in [6.45, 7) is 5.18. The number of halogens is 1. The van der Waals surface area contributed by atoms with E-state index in [1.165, 1.54) is 67.7 Å². The summed E-state index contributed by atoms with van der Waals surface area (Å²) in [5.74, 6) is 0.0272. The van der Waals surface area contributed by atoms with E-state index in [0.29, 0.717) is 29.2 Å². The first-order valence-electron chi connectivity index (χ1n) is 10.6. The zero-order valence-electron chi connectivity index (χ0n) is 17.2. The number of carbonyl (C=O) groups excluding carboxylic acids is 1. The lowest BCUT2D eigenvalue weighted by molar-refractivity contribution is -0.118. The van der Waals surface area contributed by atoms with Crippen molar-refractivity contribution >= 4 is 49.3 Å². The van der Waals surface area contributed by atoms with E-state index in [9.17, 15) is 9.18 Å². The predicted molar refractivity (Wildman–Crippen MR) is 123 cm³/mol. The summed E-state index contributed by atoms with van der Waals surface area (Å²) in [4.78, 5) is 23.5. The van der Waals surface area contributed by atoms with Gasteiger partial charge in [-0.25, -0.2) is 14.4 Å². The van der Waals surface area contributed by atoms with Crippen LogP contribution in [0.3, 0.4) is 0 Å². The smallest absolute Gasteiger partial charge is 0.230 e. The van der Waals surface area contributed by atoms with Crippen LogP contribution in [0, 0.1) is 5.82 Å². The van der Waals surface area contributed by atoms with Gasteiger partial charge in [0.05, 0.1) is 21.4 Å². The molecule has 5 nitrogen and oxygen atoms in total. The zero-order chi connectivity index (χ0) is 20.9. The standard InChI is InChI=1S/C22H27FN4OS2/c1-2-15-7-3-4-11-27(15)12-6-10-24-18(28)13-29-22-21-20(25-14-26-22)19-16(23)8-5-9-17(19)30-21/h5,8-9,14-15H,2-4,6-7,10-13H2,1H3,(H,24,28). The Kier molecular flexibility index (Phi) is 7.17. The molecule has 0 radical (unpaired) electrons. The molecule has 1 aromatic carbocycles. The van der Waals surface area contributed by atoms with Gasteiger partial charge in [-0.1, -0.05) is 31.2 Å². The molecule has 1 aliphatic rings. The van der Waals surface area contributed by atoms with E-state index in [2.05, 4.69) is 27.1 Å². The van der Waals surface area contributed by atoms with E-state index < -0.39 is 0 Å². The number of thioether (sulfide) groups is 1. The molecule has 1 aliphatic heterocycles. The van der Waals surface area contributed by atoms with Crippen LogP contribution in [-0.4, -0.2) is 52.2 Å². The number of hydrogen-bond acceptors (Lipinski definition) is 6. The van der Waals surface area contributed by atoms with Gasteiger partial charge in [-0.05, 0) is 44.4 Å². The van der Waals surface area contributed by atoms with Gasteiger partial charge in [0.15, 0.2) is 0 Å². The number of nitrogens with one attached hydrogen (secondary N) is 1. The maximum absolute atomic E-state index is 14.2. The summed E-state index contributed by atoms with van der Waals surface area (Å²) in [5.41, 5.74) is 0.623. The molecule has 0 saturated carbocycles. The minimum absolute atomic E-state index is 0.00439. The Balaban J connectivity index is 1.29. The number of fused-ring (bicyclic) bond motifs is 3. The number of likely N-dealkylation sites (tertiary alicyclic amines) is 1. The van der Waals surface area contributed by atoms with Gasteiger partial charge in [0, 0.05) is 23.8 Å². The van der Waals surface area contributed by atoms with Crippen molar-refractivity contribution in [3.8, 4) is 0 Å². The van der Waals surface area contributed by atoms with Gasteiger partial charge >= 0.3 is 0 Å². The first kappa shape index (κ1) is 21.5. The molecule has 160 valence electrons. The van der Waals surface area contributed by atoms with Gasteiger partial charge in [0.25, 0.3) is 0 Å². The second kappa shape index (κ2) is 10.0. The molecule has 1 saturated heterocycles. The fourth-order valence-electron chi connectivity index (χ4n) is 4.17. The Morgan fingerprint density at radius 1 is 1.37 bits per heavy atom. The second-order valence-corrected chi connectivity index (χ2v) is 9.67. The molecule has 3 heterocycles. The van der Waals surface area contributed by atoms with Gasteiger partial charge in [-0.2, -0.15) is 0 Å². The van der Waals surface area contributed by atoms with Crippen LogP contribution in [-0.2, 0) is 4.79 Å². The quantitative estimate of drug-likeness (QED) is 0.305. The lowest BCUT2D eigenvalue weighted by Gasteiger charge is -2.35. The monoisotopic (exact) mass is 446 g/mol. The number of benzene rings is 1. The highest BCUT2D eigenvalue weighted by molar-refractivity contribution is 8.00. The summed E-state index contributed by atoms with van der Waals surface area (Å²) >= 11 is 2.85. The Morgan fingerprint density at radius 3 is 3.13 bits per heavy atom. The largest absolute Gasteiger partial charge is 0.355 e. The molecule has 0 bridgehead atoms. The third kappa shape index (κ3) is 4.76. The third-order valence-electron chi connectivity index (χ3n) is 5.70. The Hall–Kier alpha value is -1.77. The number of amides is 1. The van der Waals surface area contributed by atoms with E-state index >= 15 is 0 Å². The molecule has 0 aliphatic carbocycles. The summed E-state index contributed by atoms with van der Waals surface area (Å²) in [6.07, 6.45) is 7.55. The number of thiophene rings is 1. The maximum atomic E-state index is 14.2. The maximum Gasteiger partial charge on any atom is 0.230 e. The number of rotatable bonds is 8. The van der Waals surface area contributed by atoms with Crippen molar-refractivity contribution in [2.24, 2.45) is 0 Å². The third-order valence-corrected chi connectivity index (χ3v) is 7.97. The molecule has 3 aromatic rings. The van der Waals surface area contributed by atoms with Gasteiger partial charge in [-0.3, -0.25) is 4.79 Å². The number of aromatic nitrogens is 2. The highest BCUT2D eigenvalue weighted by atomic mass is 32.2. The fraction of sp³-hybridized carbons (Fsp3) is 0.500. The molecular formula is C22H27FN4OS2. The summed E-state index contributed by atoms with van der Waals surface area (Å²) in [7, 11) is 0. The molecule has 30 heavy (non-hydrogen) atoms. The van der Waals surface area contributed by atoms with Crippen LogP contribution < -0.4 is 5.32 Å². The summed E-state index contributed by atoms with van der Waals surface area (Å²) in [5, 5.41) is 4.29. The van der Waals surface area contributed by atoms with Crippen LogP contribution >= 0.6 is 23.1 Å². The molecule has 1 fully saturated rings. The Labute approximate surface area is 184 Å². The van der Waals surface area contributed by atoms with Crippen LogP contribution in [0.1, 0.15) is 39.0 Å². The minimum Gasteiger partial charge on any atom is -0.355 e. The zero-order valence-corrected chi connectivity index (χ0v) is 18.8. The number of piperidine rings is 1. The van der Waals surface area contributed by atoms with E-state index in [-0.39, 0.29) is 11.7 Å². The van der Waals surface area contributed by atoms with Gasteiger partial charge < -0.3 is 10.2 Å². The van der Waals surface area contributed by atoms with Crippen molar-refractivity contribution in [3.63, 3.8) is 0 Å². The molecule has 1 N–H and O–H groups in total. The van der Waals surface area contributed by atoms with E-state index in [1.807, 2.05) is 6.07 Å². The molecule has 2 aromatic heterocycles. The average molecular weight is 447 g/mol. The van der Waals surface area contributed by atoms with Crippen LogP contribution in [0.2, 0.25) is 0 Å². The van der Waals surface area contributed by atoms with Gasteiger partial charge in [-0.15, -0.1) is 11.3 Å². The minimum atomic E-state index is -0.273. The van der Waals surface area contributed by atoms with Crippen molar-refractivity contribution in [2.75, 3.05) is 25.4 Å². The van der Waals surface area contributed by atoms with Crippen molar-refractivity contribution in [2.45, 2.75) is 50.1 Å². The van der Waals surface area contributed by atoms with Crippen LogP contribution in [0.4, 0.5) is 4.39 Å². The SMILES string of the molecule is CCC1CCCCN1CCCNC(=O)CSc1ncnc2c1sc1cccc(F)c12. The molecule has 1 unspecified atom stereocenters. The van der Waals surface area contributed by atoms with Gasteiger partial charge in [0.2, 0.25) is 5.91 Å². The first-order chi connectivity index (χ1) is 14.7. The lowest BCUT2D eigenvalue weighted by atomic mass is 10.00. The Morgan fingerprint density at radius 2 is 2.27 bits per heavy atom. The lowest BCUT2D eigenvalue weighted by Crippen LogP contribution is -2.40. The van der Waals surface area contributed by atoms with Crippen LogP contribution in [0.15, 0.2) is 29.6 Å². The highest BCUT2D eigenvalue weighted by Gasteiger charge is 2.20. The fourth-order valence-corrected chi connectivity index (χ4v) is 6.25. The van der Waals surface area contributed by atoms with E-state index in [0.717, 1.165) is 27.4 Å². The van der Waals surface area contributed by atoms with Crippen LogP contribution in [0.25, 0.3) is 20.3 Å². The van der Waals surface area contributed by atoms with Crippen molar-refractivity contribution < 1.29 is 9.18 Å². The predicted octanol–water partition coefficient (Wildman–Crippen LogP) is 4.85. The number of carbonyl (C=O) groups is 1. The second-order valence-electron chi connectivity index (χ2n) is 7.66. The van der Waals surface area contributed by atoms with Crippen LogP contribution in [0.5, 0.6) is 0 Å². The molecule has 4 rings (SSSR count). The van der Waals surface area contributed by atoms with Crippen molar-refractivity contribution in [1.29, 1.82) is 0 Å². The molecule has 8 heteroatoms. The topological polar surface area (TPSA) is 58.1 Å². The molecule has 1 amide bonds. The summed E-state index contributed by atoms with van der Waals surface area (Å²) in [6, 6.07) is 5.74. The van der Waals surface area contributed by atoms with E-state index in [4.69, 9.17) is 0 Å². The first-order valence-corrected chi connectivity index (χ1v) is 12.4. The normalized spacial score (nSPS) is 17.6. The highest BCUT2D eigenvalue weighted by Crippen LogP contribution is 2.38. The van der Waals surface area contributed by atoms with E-state index in [1.54, 1.807) is 6.07 Å². The molecule has 0 spiro atoms. The van der Waals surface area contributed by atoms with Gasteiger partial charge in [0.1, 0.15) is 17.2 Å². The summed E-state index contributed by atoms with van der Waals surface area (Å²) < 4.78 is 15.9. The number of hydrogen-bond donors (Lipinski definition) is 1. The average Bonchev–Trinajstić information content (AvgIpc) is 3.16. The molecule has 1 atom stereocenters. The Bertz CT molecular complexity index is 1020. The van der Waals surface area contributed by atoms with Crippen molar-refractivity contribution in [3.05, 3.63) is 30.3 Å². The number of nitrogens with zero attached hydrogens (tertiary/aromatic N) is 3. The molecular weight excluding hydrogens is 419 g/mol.